The lowest BCUT2D eigenvalue weighted by molar-refractivity contribution is 0.544. The van der Waals surface area contributed by atoms with E-state index in [-0.39, 0.29) is 6.04 Å². The van der Waals surface area contributed by atoms with Crippen LogP contribution in [0.25, 0.3) is 10.2 Å². The molecule has 0 aromatic carbocycles. The van der Waals surface area contributed by atoms with Gasteiger partial charge in [-0.1, -0.05) is 0 Å². The summed E-state index contributed by atoms with van der Waals surface area (Å²) in [7, 11) is 0. The molecule has 3 aromatic rings. The fourth-order valence-electron chi connectivity index (χ4n) is 3.02. The standard InChI is InChI=1S/C16H20N6S/c1-4-22-15(18-8-20-22)13(11-5-6-11)21-14-12-9(2)10(3)23-16(12)19-7-17-14/h7-8,11,13H,4-6H2,1-3H3,(H,17,19,21)/t13-/m1/s1. The van der Waals surface area contributed by atoms with E-state index in [9.17, 15) is 0 Å². The van der Waals surface area contributed by atoms with Gasteiger partial charge in [-0.15, -0.1) is 11.3 Å². The summed E-state index contributed by atoms with van der Waals surface area (Å²) in [4.78, 5) is 15.8. The molecule has 1 aliphatic rings. The Kier molecular flexibility index (Phi) is 3.52. The van der Waals surface area contributed by atoms with E-state index in [2.05, 4.69) is 46.1 Å². The second-order valence-corrected chi connectivity index (χ2v) is 7.28. The predicted molar refractivity (Wildman–Crippen MR) is 91.7 cm³/mol. The van der Waals surface area contributed by atoms with Gasteiger partial charge in [-0.05, 0) is 45.1 Å². The van der Waals surface area contributed by atoms with Crippen molar-refractivity contribution in [3.05, 3.63) is 28.9 Å². The largest absolute Gasteiger partial charge is 0.359 e. The van der Waals surface area contributed by atoms with Gasteiger partial charge in [0.1, 0.15) is 29.1 Å². The molecule has 3 heterocycles. The number of aromatic nitrogens is 5. The maximum absolute atomic E-state index is 4.52. The number of fused-ring (bicyclic) bond motifs is 1. The average Bonchev–Trinajstić information content (AvgIpc) is 3.21. The minimum Gasteiger partial charge on any atom is -0.359 e. The van der Waals surface area contributed by atoms with Crippen molar-refractivity contribution in [2.45, 2.75) is 46.2 Å². The van der Waals surface area contributed by atoms with E-state index < -0.39 is 0 Å². The SMILES string of the molecule is CCn1ncnc1[C@H](Nc1ncnc2sc(C)c(C)c12)C1CC1. The van der Waals surface area contributed by atoms with Crippen molar-refractivity contribution in [1.29, 1.82) is 0 Å². The van der Waals surface area contributed by atoms with Crippen molar-refractivity contribution in [1.82, 2.24) is 24.7 Å². The first-order chi connectivity index (χ1) is 11.2. The highest BCUT2D eigenvalue weighted by Gasteiger charge is 2.36. The van der Waals surface area contributed by atoms with Crippen LogP contribution >= 0.6 is 11.3 Å². The molecule has 1 fully saturated rings. The quantitative estimate of drug-likeness (QED) is 0.776. The molecule has 0 spiro atoms. The number of anilines is 1. The third kappa shape index (κ3) is 2.49. The fourth-order valence-corrected chi connectivity index (χ4v) is 4.02. The minimum absolute atomic E-state index is 0.162. The first-order valence-corrected chi connectivity index (χ1v) is 8.85. The number of nitrogens with one attached hydrogen (secondary N) is 1. The number of hydrogen-bond donors (Lipinski definition) is 1. The number of nitrogens with zero attached hydrogens (tertiary/aromatic N) is 5. The van der Waals surface area contributed by atoms with Crippen LogP contribution in [0.5, 0.6) is 0 Å². The zero-order valence-corrected chi connectivity index (χ0v) is 14.4. The molecule has 1 atom stereocenters. The highest BCUT2D eigenvalue weighted by Crippen LogP contribution is 2.43. The second kappa shape index (κ2) is 5.56. The molecule has 120 valence electrons. The molecule has 1 N–H and O–H groups in total. The molecule has 1 aliphatic carbocycles. The average molecular weight is 328 g/mol. The fraction of sp³-hybridized carbons (Fsp3) is 0.500. The van der Waals surface area contributed by atoms with Crippen LogP contribution in [-0.4, -0.2) is 24.7 Å². The molecule has 23 heavy (non-hydrogen) atoms. The molecular weight excluding hydrogens is 308 g/mol. The lowest BCUT2D eigenvalue weighted by Gasteiger charge is -2.19. The summed E-state index contributed by atoms with van der Waals surface area (Å²) >= 11 is 1.72. The van der Waals surface area contributed by atoms with Gasteiger partial charge in [-0.2, -0.15) is 5.10 Å². The summed E-state index contributed by atoms with van der Waals surface area (Å²) in [6.07, 6.45) is 5.74. The molecule has 4 rings (SSSR count). The molecule has 7 heteroatoms. The molecule has 0 bridgehead atoms. The predicted octanol–water partition coefficient (Wildman–Crippen LogP) is 3.48. The van der Waals surface area contributed by atoms with Gasteiger partial charge >= 0.3 is 0 Å². The van der Waals surface area contributed by atoms with E-state index in [0.717, 1.165) is 28.4 Å². The monoisotopic (exact) mass is 328 g/mol. The Morgan fingerprint density at radius 1 is 1.26 bits per heavy atom. The lowest BCUT2D eigenvalue weighted by atomic mass is 10.1. The van der Waals surface area contributed by atoms with E-state index in [1.165, 1.54) is 23.3 Å². The van der Waals surface area contributed by atoms with Gasteiger partial charge in [0.2, 0.25) is 0 Å². The zero-order chi connectivity index (χ0) is 16.0. The lowest BCUT2D eigenvalue weighted by Crippen LogP contribution is -2.19. The van der Waals surface area contributed by atoms with Crippen LogP contribution in [0.4, 0.5) is 5.82 Å². The molecular formula is C16H20N6S. The Bertz CT molecular complexity index is 847. The molecule has 0 saturated heterocycles. The van der Waals surface area contributed by atoms with Gasteiger partial charge in [0.15, 0.2) is 0 Å². The van der Waals surface area contributed by atoms with Crippen LogP contribution in [0.15, 0.2) is 12.7 Å². The summed E-state index contributed by atoms with van der Waals surface area (Å²) in [5.74, 6) is 2.53. The first-order valence-electron chi connectivity index (χ1n) is 8.04. The Balaban J connectivity index is 1.76. The summed E-state index contributed by atoms with van der Waals surface area (Å²) < 4.78 is 1.97. The molecule has 0 radical (unpaired) electrons. The molecule has 0 unspecified atom stereocenters. The number of aryl methyl sites for hydroxylation is 3. The highest BCUT2D eigenvalue weighted by atomic mass is 32.1. The highest BCUT2D eigenvalue weighted by molar-refractivity contribution is 7.18. The van der Waals surface area contributed by atoms with E-state index in [4.69, 9.17) is 0 Å². The Morgan fingerprint density at radius 2 is 2.09 bits per heavy atom. The van der Waals surface area contributed by atoms with Gasteiger partial charge in [0, 0.05) is 11.4 Å². The molecule has 3 aromatic heterocycles. The Labute approximate surface area is 139 Å². The van der Waals surface area contributed by atoms with Gasteiger partial charge in [0.05, 0.1) is 11.4 Å². The summed E-state index contributed by atoms with van der Waals surface area (Å²) in [5, 5.41) is 9.12. The van der Waals surface area contributed by atoms with E-state index >= 15 is 0 Å². The topological polar surface area (TPSA) is 68.5 Å². The number of thiophene rings is 1. The normalized spacial score (nSPS) is 16.0. The van der Waals surface area contributed by atoms with Gasteiger partial charge < -0.3 is 5.32 Å². The van der Waals surface area contributed by atoms with Crippen molar-refractivity contribution in [2.24, 2.45) is 5.92 Å². The summed E-state index contributed by atoms with van der Waals surface area (Å²) in [6, 6.07) is 0.162. The molecule has 1 saturated carbocycles. The van der Waals surface area contributed by atoms with E-state index in [1.54, 1.807) is 24.0 Å². The van der Waals surface area contributed by atoms with Crippen LogP contribution in [0.1, 0.15) is 42.1 Å². The van der Waals surface area contributed by atoms with E-state index in [0.29, 0.717) is 5.92 Å². The van der Waals surface area contributed by atoms with Crippen molar-refractivity contribution in [3.63, 3.8) is 0 Å². The number of rotatable bonds is 5. The second-order valence-electron chi connectivity index (χ2n) is 6.08. The minimum atomic E-state index is 0.162. The maximum Gasteiger partial charge on any atom is 0.149 e. The Morgan fingerprint density at radius 3 is 2.83 bits per heavy atom. The van der Waals surface area contributed by atoms with Gasteiger partial charge in [0.25, 0.3) is 0 Å². The van der Waals surface area contributed by atoms with Crippen molar-refractivity contribution in [3.8, 4) is 0 Å². The van der Waals surface area contributed by atoms with E-state index in [1.807, 2.05) is 4.68 Å². The van der Waals surface area contributed by atoms with Gasteiger partial charge in [-0.25, -0.2) is 19.6 Å². The summed E-state index contributed by atoms with van der Waals surface area (Å²) in [6.45, 7) is 7.20. The van der Waals surface area contributed by atoms with Crippen LogP contribution in [0.3, 0.4) is 0 Å². The smallest absolute Gasteiger partial charge is 0.149 e. The Hall–Kier alpha value is -2.02. The molecule has 0 amide bonds. The van der Waals surface area contributed by atoms with Crippen LogP contribution < -0.4 is 5.32 Å². The maximum atomic E-state index is 4.52. The van der Waals surface area contributed by atoms with Gasteiger partial charge in [-0.3, -0.25) is 0 Å². The van der Waals surface area contributed by atoms with Crippen molar-refractivity contribution >= 4 is 27.4 Å². The third-order valence-corrected chi connectivity index (χ3v) is 5.69. The van der Waals surface area contributed by atoms with Crippen LogP contribution in [0, 0.1) is 19.8 Å². The summed E-state index contributed by atoms with van der Waals surface area (Å²) in [5.41, 5.74) is 1.26. The van der Waals surface area contributed by atoms with Crippen molar-refractivity contribution in [2.75, 3.05) is 5.32 Å². The van der Waals surface area contributed by atoms with Crippen LogP contribution in [-0.2, 0) is 6.54 Å². The first kappa shape index (κ1) is 14.6. The zero-order valence-electron chi connectivity index (χ0n) is 13.6. The van der Waals surface area contributed by atoms with Crippen molar-refractivity contribution < 1.29 is 0 Å². The van der Waals surface area contributed by atoms with Crippen LogP contribution in [0.2, 0.25) is 0 Å². The number of hydrogen-bond acceptors (Lipinski definition) is 6. The molecule has 0 aliphatic heterocycles. The molecule has 6 nitrogen and oxygen atoms in total. The third-order valence-electron chi connectivity index (χ3n) is 4.57.